The van der Waals surface area contributed by atoms with Gasteiger partial charge in [0.15, 0.2) is 0 Å². The first-order chi connectivity index (χ1) is 8.81. The summed E-state index contributed by atoms with van der Waals surface area (Å²) >= 11 is 0. The third-order valence-corrected chi connectivity index (χ3v) is 3.26. The van der Waals surface area contributed by atoms with Gasteiger partial charge in [-0.2, -0.15) is 0 Å². The van der Waals surface area contributed by atoms with Crippen molar-refractivity contribution in [2.45, 2.75) is 31.9 Å². The molecule has 3 heteroatoms. The smallest absolute Gasteiger partial charge is 0.410 e. The van der Waals surface area contributed by atoms with Crippen molar-refractivity contribution in [3.8, 4) is 0 Å². The number of nitrogens with zero attached hydrogens (tertiary/aromatic N) is 1. The van der Waals surface area contributed by atoms with E-state index in [2.05, 4.69) is 6.58 Å². The lowest BCUT2D eigenvalue weighted by atomic mass is 10.0. The number of benzene rings is 1. The van der Waals surface area contributed by atoms with Crippen LogP contribution in [0.3, 0.4) is 0 Å². The van der Waals surface area contributed by atoms with Crippen LogP contribution < -0.4 is 0 Å². The molecule has 0 aromatic heterocycles. The van der Waals surface area contributed by atoms with Crippen LogP contribution in [-0.2, 0) is 11.3 Å². The summed E-state index contributed by atoms with van der Waals surface area (Å²) in [6, 6.07) is 9.86. The van der Waals surface area contributed by atoms with Crippen LogP contribution in [-0.4, -0.2) is 23.6 Å². The number of amides is 1. The minimum atomic E-state index is -0.233. The van der Waals surface area contributed by atoms with Crippen molar-refractivity contribution in [2.24, 2.45) is 0 Å². The van der Waals surface area contributed by atoms with Crippen LogP contribution in [0.2, 0.25) is 0 Å². The normalized spacial score (nSPS) is 19.3. The van der Waals surface area contributed by atoms with Crippen LogP contribution >= 0.6 is 0 Å². The van der Waals surface area contributed by atoms with Crippen molar-refractivity contribution in [1.82, 2.24) is 4.90 Å². The molecule has 1 heterocycles. The monoisotopic (exact) mass is 245 g/mol. The molecule has 0 saturated carbocycles. The summed E-state index contributed by atoms with van der Waals surface area (Å²) in [7, 11) is 0. The van der Waals surface area contributed by atoms with Gasteiger partial charge >= 0.3 is 6.09 Å². The van der Waals surface area contributed by atoms with E-state index in [0.29, 0.717) is 6.61 Å². The number of carbonyl (C=O) groups is 1. The zero-order valence-electron chi connectivity index (χ0n) is 10.5. The van der Waals surface area contributed by atoms with Crippen LogP contribution in [0.25, 0.3) is 0 Å². The van der Waals surface area contributed by atoms with Gasteiger partial charge in [-0.25, -0.2) is 4.79 Å². The van der Waals surface area contributed by atoms with Crippen molar-refractivity contribution in [2.75, 3.05) is 6.54 Å². The van der Waals surface area contributed by atoms with Gasteiger partial charge in [0.25, 0.3) is 0 Å². The molecular formula is C15H19NO2. The lowest BCUT2D eigenvalue weighted by Gasteiger charge is -2.32. The molecule has 0 radical (unpaired) electrons. The van der Waals surface area contributed by atoms with E-state index in [0.717, 1.165) is 31.4 Å². The number of rotatable bonds is 3. The fourth-order valence-electron chi connectivity index (χ4n) is 2.23. The summed E-state index contributed by atoms with van der Waals surface area (Å²) in [5.41, 5.74) is 1.01. The van der Waals surface area contributed by atoms with Crippen LogP contribution in [0.4, 0.5) is 4.79 Å². The summed E-state index contributed by atoms with van der Waals surface area (Å²) in [5.74, 6) is 0. The number of carbonyl (C=O) groups excluding carboxylic acids is 1. The molecule has 3 nitrogen and oxygen atoms in total. The minimum absolute atomic E-state index is 0.127. The van der Waals surface area contributed by atoms with E-state index in [1.165, 1.54) is 0 Å². The molecule has 1 unspecified atom stereocenters. The van der Waals surface area contributed by atoms with Gasteiger partial charge in [-0.1, -0.05) is 36.4 Å². The Labute approximate surface area is 108 Å². The van der Waals surface area contributed by atoms with Crippen molar-refractivity contribution < 1.29 is 9.53 Å². The number of likely N-dealkylation sites (tertiary alicyclic amines) is 1. The predicted octanol–water partition coefficient (Wildman–Crippen LogP) is 3.36. The summed E-state index contributed by atoms with van der Waals surface area (Å²) in [5, 5.41) is 0. The quantitative estimate of drug-likeness (QED) is 0.764. The largest absolute Gasteiger partial charge is 0.445 e. The maximum atomic E-state index is 12.0. The molecule has 0 N–H and O–H groups in total. The lowest BCUT2D eigenvalue weighted by Crippen LogP contribution is -2.42. The Kier molecular flexibility index (Phi) is 4.40. The molecule has 18 heavy (non-hydrogen) atoms. The van der Waals surface area contributed by atoms with Crippen molar-refractivity contribution in [3.05, 3.63) is 48.6 Å². The molecule has 1 fully saturated rings. The Morgan fingerprint density at radius 3 is 2.89 bits per heavy atom. The zero-order valence-corrected chi connectivity index (χ0v) is 10.5. The van der Waals surface area contributed by atoms with E-state index in [-0.39, 0.29) is 12.1 Å². The van der Waals surface area contributed by atoms with Gasteiger partial charge in [0.1, 0.15) is 6.61 Å². The Morgan fingerprint density at radius 1 is 1.39 bits per heavy atom. The first-order valence-electron chi connectivity index (χ1n) is 6.41. The first kappa shape index (κ1) is 12.7. The van der Waals surface area contributed by atoms with Gasteiger partial charge in [0.05, 0.1) is 6.04 Å². The molecule has 1 aromatic rings. The number of hydrogen-bond acceptors (Lipinski definition) is 2. The van der Waals surface area contributed by atoms with E-state index in [4.69, 9.17) is 4.74 Å². The molecule has 96 valence electrons. The molecule has 1 aliphatic heterocycles. The summed E-state index contributed by atoms with van der Waals surface area (Å²) in [4.78, 5) is 13.8. The Balaban J connectivity index is 1.89. The molecule has 0 spiro atoms. The Bertz CT molecular complexity index is 402. The first-order valence-corrected chi connectivity index (χ1v) is 6.41. The van der Waals surface area contributed by atoms with Gasteiger partial charge in [-0.3, -0.25) is 0 Å². The molecule has 0 aliphatic carbocycles. The number of hydrogen-bond donors (Lipinski definition) is 0. The standard InChI is InChI=1S/C15H19NO2/c1-2-14-10-6-7-11-16(14)15(17)18-12-13-8-4-3-5-9-13/h2-5,8-9,14H,1,6-7,10-12H2. The van der Waals surface area contributed by atoms with Gasteiger partial charge in [-0.15, -0.1) is 6.58 Å². The van der Waals surface area contributed by atoms with E-state index >= 15 is 0 Å². The van der Waals surface area contributed by atoms with Gasteiger partial charge in [0.2, 0.25) is 0 Å². The second kappa shape index (κ2) is 6.24. The van der Waals surface area contributed by atoms with Crippen molar-refractivity contribution in [1.29, 1.82) is 0 Å². The van der Waals surface area contributed by atoms with Gasteiger partial charge in [0, 0.05) is 6.54 Å². The highest BCUT2D eigenvalue weighted by atomic mass is 16.6. The van der Waals surface area contributed by atoms with Gasteiger partial charge in [-0.05, 0) is 24.8 Å². The maximum Gasteiger partial charge on any atom is 0.410 e. The third kappa shape index (κ3) is 3.13. The number of ether oxygens (including phenoxy) is 1. The molecule has 2 rings (SSSR count). The minimum Gasteiger partial charge on any atom is -0.445 e. The molecular weight excluding hydrogens is 226 g/mol. The zero-order chi connectivity index (χ0) is 12.8. The molecule has 0 bridgehead atoms. The average molecular weight is 245 g/mol. The van der Waals surface area contributed by atoms with E-state index in [1.807, 2.05) is 36.4 Å². The van der Waals surface area contributed by atoms with E-state index in [9.17, 15) is 4.79 Å². The van der Waals surface area contributed by atoms with E-state index in [1.54, 1.807) is 4.90 Å². The fraction of sp³-hybridized carbons (Fsp3) is 0.400. The van der Waals surface area contributed by atoms with Crippen LogP contribution in [0.15, 0.2) is 43.0 Å². The van der Waals surface area contributed by atoms with E-state index < -0.39 is 0 Å². The van der Waals surface area contributed by atoms with Crippen LogP contribution in [0, 0.1) is 0 Å². The van der Waals surface area contributed by atoms with Crippen molar-refractivity contribution in [3.63, 3.8) is 0 Å². The topological polar surface area (TPSA) is 29.5 Å². The van der Waals surface area contributed by atoms with Crippen LogP contribution in [0.1, 0.15) is 24.8 Å². The second-order valence-electron chi connectivity index (χ2n) is 4.53. The molecule has 1 aromatic carbocycles. The van der Waals surface area contributed by atoms with Crippen LogP contribution in [0.5, 0.6) is 0 Å². The molecule has 1 aliphatic rings. The summed E-state index contributed by atoms with van der Waals surface area (Å²) in [6.45, 7) is 4.89. The summed E-state index contributed by atoms with van der Waals surface area (Å²) < 4.78 is 5.34. The predicted molar refractivity (Wildman–Crippen MR) is 71.2 cm³/mol. The average Bonchev–Trinajstić information content (AvgIpc) is 2.45. The van der Waals surface area contributed by atoms with Crippen molar-refractivity contribution >= 4 is 6.09 Å². The molecule has 1 atom stereocenters. The highest BCUT2D eigenvalue weighted by molar-refractivity contribution is 5.68. The third-order valence-electron chi connectivity index (χ3n) is 3.26. The van der Waals surface area contributed by atoms with Gasteiger partial charge < -0.3 is 9.64 Å². The highest BCUT2D eigenvalue weighted by Gasteiger charge is 2.25. The fourth-order valence-corrected chi connectivity index (χ4v) is 2.23. The molecule has 1 saturated heterocycles. The Morgan fingerprint density at radius 2 is 2.17 bits per heavy atom. The second-order valence-corrected chi connectivity index (χ2v) is 4.53. The number of piperidine rings is 1. The maximum absolute atomic E-state index is 12.0. The summed E-state index contributed by atoms with van der Waals surface area (Å²) in [6.07, 6.45) is 4.79. The SMILES string of the molecule is C=CC1CCCCN1C(=O)OCc1ccccc1. The Hall–Kier alpha value is -1.77. The lowest BCUT2D eigenvalue weighted by molar-refractivity contribution is 0.0776. The molecule has 1 amide bonds. The highest BCUT2D eigenvalue weighted by Crippen LogP contribution is 2.19.